The van der Waals surface area contributed by atoms with Crippen LogP contribution in [0, 0.1) is 5.82 Å². The fourth-order valence-electron chi connectivity index (χ4n) is 2.28. The average molecular weight is 331 g/mol. The smallest absolute Gasteiger partial charge is 0.123 e. The van der Waals surface area contributed by atoms with Crippen molar-refractivity contribution in [2.24, 2.45) is 0 Å². The highest BCUT2D eigenvalue weighted by Crippen LogP contribution is 2.15. The maximum absolute atomic E-state index is 12.9. The first-order chi connectivity index (χ1) is 11.3. The number of benzene rings is 1. The number of hydrogen-bond donors (Lipinski definition) is 0. The van der Waals surface area contributed by atoms with E-state index in [9.17, 15) is 4.39 Å². The molecular weight excluding hydrogens is 313 g/mol. The zero-order valence-corrected chi connectivity index (χ0v) is 13.5. The summed E-state index contributed by atoms with van der Waals surface area (Å²) in [6, 6.07) is 14.1. The van der Waals surface area contributed by atoms with Crippen LogP contribution in [-0.2, 0) is 13.1 Å². The Morgan fingerprint density at radius 2 is 1.91 bits per heavy atom. The predicted molar refractivity (Wildman–Crippen MR) is 89.0 cm³/mol. The molecule has 0 amide bonds. The Kier molecular flexibility index (Phi) is 5.45. The molecule has 0 aliphatic heterocycles. The lowest BCUT2D eigenvalue weighted by molar-refractivity contribution is 0.186. The van der Waals surface area contributed by atoms with Gasteiger partial charge in [-0.05, 0) is 47.8 Å². The van der Waals surface area contributed by atoms with Crippen molar-refractivity contribution in [2.75, 3.05) is 13.2 Å². The number of furan rings is 1. The van der Waals surface area contributed by atoms with Crippen LogP contribution >= 0.6 is 11.3 Å². The van der Waals surface area contributed by atoms with Crippen LogP contribution in [0.2, 0.25) is 0 Å². The maximum atomic E-state index is 12.9. The Hall–Kier alpha value is -2.11. The lowest BCUT2D eigenvalue weighted by Gasteiger charge is -2.20. The summed E-state index contributed by atoms with van der Waals surface area (Å²) in [5.41, 5.74) is 0. The van der Waals surface area contributed by atoms with E-state index in [1.54, 1.807) is 29.7 Å². The summed E-state index contributed by atoms with van der Waals surface area (Å²) in [6.07, 6.45) is 1.69. The SMILES string of the molecule is Fc1ccc(OCCN(Cc2ccco2)Cc2cccs2)cc1. The molecule has 0 fully saturated rings. The molecular formula is C18H18FNO2S. The van der Waals surface area contributed by atoms with Gasteiger partial charge < -0.3 is 9.15 Å². The van der Waals surface area contributed by atoms with Crippen molar-refractivity contribution in [1.29, 1.82) is 0 Å². The summed E-state index contributed by atoms with van der Waals surface area (Å²) in [5, 5.41) is 2.08. The topological polar surface area (TPSA) is 25.6 Å². The third kappa shape index (κ3) is 4.94. The minimum absolute atomic E-state index is 0.255. The van der Waals surface area contributed by atoms with Gasteiger partial charge in [0.15, 0.2) is 0 Å². The lowest BCUT2D eigenvalue weighted by Crippen LogP contribution is -2.27. The molecule has 3 nitrogen and oxygen atoms in total. The van der Waals surface area contributed by atoms with Crippen molar-refractivity contribution in [3.8, 4) is 5.75 Å². The molecule has 0 radical (unpaired) electrons. The number of halogens is 1. The van der Waals surface area contributed by atoms with E-state index < -0.39 is 0 Å². The molecule has 5 heteroatoms. The first kappa shape index (κ1) is 15.8. The van der Waals surface area contributed by atoms with Crippen molar-refractivity contribution in [1.82, 2.24) is 4.90 Å². The van der Waals surface area contributed by atoms with Crippen LogP contribution in [0.4, 0.5) is 4.39 Å². The van der Waals surface area contributed by atoms with Gasteiger partial charge in [0, 0.05) is 18.0 Å². The average Bonchev–Trinajstić information content (AvgIpc) is 3.23. The monoisotopic (exact) mass is 331 g/mol. The Labute approximate surface area is 138 Å². The second kappa shape index (κ2) is 7.94. The van der Waals surface area contributed by atoms with Crippen LogP contribution in [0.1, 0.15) is 10.6 Å². The van der Waals surface area contributed by atoms with E-state index in [1.807, 2.05) is 12.1 Å². The second-order valence-electron chi connectivity index (χ2n) is 5.17. The minimum atomic E-state index is -0.255. The molecule has 0 N–H and O–H groups in total. The summed E-state index contributed by atoms with van der Waals surface area (Å²) < 4.78 is 24.0. The minimum Gasteiger partial charge on any atom is -0.492 e. The third-order valence-corrected chi connectivity index (χ3v) is 4.27. The van der Waals surface area contributed by atoms with Crippen LogP contribution in [-0.4, -0.2) is 18.1 Å². The normalized spacial score (nSPS) is 11.0. The highest BCUT2D eigenvalue weighted by atomic mass is 32.1. The molecule has 3 aromatic rings. The molecule has 0 spiro atoms. The van der Waals surface area contributed by atoms with Crippen molar-refractivity contribution in [2.45, 2.75) is 13.1 Å². The molecule has 120 valence electrons. The van der Waals surface area contributed by atoms with Crippen molar-refractivity contribution in [3.63, 3.8) is 0 Å². The molecule has 0 aliphatic carbocycles. The zero-order chi connectivity index (χ0) is 15.9. The van der Waals surface area contributed by atoms with Gasteiger partial charge in [0.05, 0.1) is 12.8 Å². The lowest BCUT2D eigenvalue weighted by atomic mass is 10.3. The fourth-order valence-corrected chi connectivity index (χ4v) is 3.03. The highest BCUT2D eigenvalue weighted by Gasteiger charge is 2.10. The standard InChI is InChI=1S/C18H18FNO2S/c19-15-5-7-16(8-6-15)22-11-9-20(13-17-3-1-10-21-17)14-18-4-2-12-23-18/h1-8,10,12H,9,11,13-14H2. The molecule has 23 heavy (non-hydrogen) atoms. The van der Waals surface area contributed by atoms with Gasteiger partial charge in [-0.1, -0.05) is 6.07 Å². The highest BCUT2D eigenvalue weighted by molar-refractivity contribution is 7.09. The molecule has 0 atom stereocenters. The number of rotatable bonds is 8. The fraction of sp³-hybridized carbons (Fsp3) is 0.222. The zero-order valence-electron chi connectivity index (χ0n) is 12.7. The molecule has 0 saturated carbocycles. The molecule has 2 heterocycles. The molecule has 3 rings (SSSR count). The molecule has 0 unspecified atom stereocenters. The Bertz CT molecular complexity index is 644. The van der Waals surface area contributed by atoms with Crippen LogP contribution in [0.5, 0.6) is 5.75 Å². The van der Waals surface area contributed by atoms with Crippen LogP contribution < -0.4 is 4.74 Å². The summed E-state index contributed by atoms with van der Waals surface area (Å²) in [4.78, 5) is 3.58. The van der Waals surface area contributed by atoms with E-state index in [2.05, 4.69) is 22.4 Å². The number of ether oxygens (including phenoxy) is 1. The van der Waals surface area contributed by atoms with Gasteiger partial charge in [0.25, 0.3) is 0 Å². The van der Waals surface area contributed by atoms with E-state index in [0.29, 0.717) is 12.4 Å². The quantitative estimate of drug-likeness (QED) is 0.605. The van der Waals surface area contributed by atoms with E-state index in [4.69, 9.17) is 9.15 Å². The molecule has 0 aliphatic rings. The Morgan fingerprint density at radius 1 is 1.04 bits per heavy atom. The molecule has 1 aromatic carbocycles. The molecule has 2 aromatic heterocycles. The van der Waals surface area contributed by atoms with E-state index >= 15 is 0 Å². The summed E-state index contributed by atoms with van der Waals surface area (Å²) in [7, 11) is 0. The maximum Gasteiger partial charge on any atom is 0.123 e. The second-order valence-corrected chi connectivity index (χ2v) is 6.20. The Morgan fingerprint density at radius 3 is 2.61 bits per heavy atom. The van der Waals surface area contributed by atoms with Crippen molar-refractivity contribution in [3.05, 3.63) is 76.6 Å². The van der Waals surface area contributed by atoms with Crippen molar-refractivity contribution < 1.29 is 13.5 Å². The predicted octanol–water partition coefficient (Wildman–Crippen LogP) is 4.56. The molecule has 0 saturated heterocycles. The summed E-state index contributed by atoms with van der Waals surface area (Å²) >= 11 is 1.74. The van der Waals surface area contributed by atoms with Gasteiger partial charge in [-0.25, -0.2) is 4.39 Å². The van der Waals surface area contributed by atoms with Gasteiger partial charge in [-0.2, -0.15) is 0 Å². The van der Waals surface area contributed by atoms with Crippen LogP contribution in [0.15, 0.2) is 64.6 Å². The number of thiophene rings is 1. The van der Waals surface area contributed by atoms with Gasteiger partial charge in [-0.3, -0.25) is 4.90 Å². The third-order valence-electron chi connectivity index (χ3n) is 3.41. The summed E-state index contributed by atoms with van der Waals surface area (Å²) in [6.45, 7) is 2.89. The summed E-state index contributed by atoms with van der Waals surface area (Å²) in [5.74, 6) is 1.36. The largest absolute Gasteiger partial charge is 0.492 e. The van der Waals surface area contributed by atoms with Gasteiger partial charge in [-0.15, -0.1) is 11.3 Å². The number of hydrogen-bond acceptors (Lipinski definition) is 4. The van der Waals surface area contributed by atoms with Crippen LogP contribution in [0.3, 0.4) is 0 Å². The van der Waals surface area contributed by atoms with Crippen LogP contribution in [0.25, 0.3) is 0 Å². The van der Waals surface area contributed by atoms with E-state index in [1.165, 1.54) is 17.0 Å². The van der Waals surface area contributed by atoms with Gasteiger partial charge >= 0.3 is 0 Å². The molecule has 0 bridgehead atoms. The van der Waals surface area contributed by atoms with Gasteiger partial charge in [0.1, 0.15) is 23.9 Å². The van der Waals surface area contributed by atoms with E-state index in [0.717, 1.165) is 25.4 Å². The van der Waals surface area contributed by atoms with E-state index in [-0.39, 0.29) is 5.82 Å². The first-order valence-corrected chi connectivity index (χ1v) is 8.33. The Balaban J connectivity index is 1.55. The van der Waals surface area contributed by atoms with Gasteiger partial charge in [0.2, 0.25) is 0 Å². The number of nitrogens with zero attached hydrogens (tertiary/aromatic N) is 1. The van der Waals surface area contributed by atoms with Crippen molar-refractivity contribution >= 4 is 11.3 Å². The first-order valence-electron chi connectivity index (χ1n) is 7.45.